The van der Waals surface area contributed by atoms with Crippen molar-refractivity contribution in [2.24, 2.45) is 5.92 Å². The average Bonchev–Trinajstić information content (AvgIpc) is 3.59. The van der Waals surface area contributed by atoms with Crippen molar-refractivity contribution in [3.63, 3.8) is 0 Å². The third kappa shape index (κ3) is 7.43. The van der Waals surface area contributed by atoms with Crippen molar-refractivity contribution in [3.8, 4) is 23.0 Å². The summed E-state index contributed by atoms with van der Waals surface area (Å²) in [5.41, 5.74) is 2.31. The first-order valence-corrected chi connectivity index (χ1v) is 16.3. The van der Waals surface area contributed by atoms with E-state index in [0.29, 0.717) is 59.5 Å². The largest absolute Gasteiger partial charge is 0.493 e. The maximum atomic E-state index is 6.54. The number of halogens is 1. The first-order valence-electron chi connectivity index (χ1n) is 15.9. The second-order valence-corrected chi connectivity index (χ2v) is 12.3. The predicted octanol–water partition coefficient (Wildman–Crippen LogP) is 6.66. The van der Waals surface area contributed by atoms with Crippen molar-refractivity contribution in [3.05, 3.63) is 72.4 Å². The molecule has 0 atom stereocenters. The minimum atomic E-state index is 0.0374. The summed E-state index contributed by atoms with van der Waals surface area (Å²) in [6.07, 6.45) is 8.85. The minimum Gasteiger partial charge on any atom is -0.493 e. The monoisotopic (exact) mass is 656 g/mol. The molecular weight excluding hydrogens is 620 g/mol. The second-order valence-electron chi connectivity index (χ2n) is 11.9. The zero-order chi connectivity index (χ0) is 32.0. The Labute approximate surface area is 278 Å². The number of fused-ring (bicyclic) bond motifs is 3. The van der Waals surface area contributed by atoms with E-state index in [4.69, 9.17) is 35.3 Å². The van der Waals surface area contributed by atoms with Gasteiger partial charge in [0.15, 0.2) is 11.5 Å². The molecule has 0 unspecified atom stereocenters. The number of hydrogen-bond donors (Lipinski definition) is 1. The van der Waals surface area contributed by atoms with E-state index in [0.717, 1.165) is 66.3 Å². The quantitative estimate of drug-likeness (QED) is 0.203. The number of para-hydroxylation sites is 1. The summed E-state index contributed by atoms with van der Waals surface area (Å²) in [6.45, 7) is 4.39. The van der Waals surface area contributed by atoms with Gasteiger partial charge in [0, 0.05) is 36.6 Å². The summed E-state index contributed by atoms with van der Waals surface area (Å²) in [5, 5.41) is 5.71. The molecule has 11 nitrogen and oxygen atoms in total. The van der Waals surface area contributed by atoms with Gasteiger partial charge in [-0.2, -0.15) is 0 Å². The summed E-state index contributed by atoms with van der Waals surface area (Å²) < 4.78 is 29.6. The molecule has 0 amide bonds. The lowest BCUT2D eigenvalue weighted by Gasteiger charge is -2.29. The number of rotatable bonds is 7. The van der Waals surface area contributed by atoms with Crippen LogP contribution in [0.1, 0.15) is 25.7 Å². The molecule has 3 aromatic carbocycles. The normalized spacial score (nSPS) is 16.9. The van der Waals surface area contributed by atoms with Gasteiger partial charge >= 0.3 is 0 Å². The lowest BCUT2D eigenvalue weighted by atomic mass is 9.98. The van der Waals surface area contributed by atoms with Crippen LogP contribution in [0.3, 0.4) is 0 Å². The van der Waals surface area contributed by atoms with Gasteiger partial charge in [-0.15, -0.1) is 0 Å². The fraction of sp³-hybridized carbons (Fsp3) is 0.371. The molecule has 0 spiro atoms. The fourth-order valence-electron chi connectivity index (χ4n) is 5.92. The van der Waals surface area contributed by atoms with Crippen LogP contribution in [0.5, 0.6) is 23.0 Å². The third-order valence-corrected chi connectivity index (χ3v) is 8.92. The zero-order valence-electron chi connectivity index (χ0n) is 26.2. The third-order valence-electron chi connectivity index (χ3n) is 8.61. The Balaban J connectivity index is 0.000000298. The van der Waals surface area contributed by atoms with Crippen LogP contribution >= 0.6 is 11.6 Å². The molecule has 47 heavy (non-hydrogen) atoms. The summed E-state index contributed by atoms with van der Waals surface area (Å²) in [6, 6.07) is 15.4. The van der Waals surface area contributed by atoms with Crippen molar-refractivity contribution in [2.75, 3.05) is 52.1 Å². The van der Waals surface area contributed by atoms with Gasteiger partial charge in [0.1, 0.15) is 41.8 Å². The molecule has 2 fully saturated rings. The van der Waals surface area contributed by atoms with Gasteiger partial charge in [-0.3, -0.25) is 0 Å². The Morgan fingerprint density at radius 3 is 2.62 bits per heavy atom. The number of benzene rings is 3. The molecule has 5 aromatic rings. The highest BCUT2D eigenvalue weighted by Gasteiger charge is 2.24. The highest BCUT2D eigenvalue weighted by molar-refractivity contribution is 6.34. The molecule has 0 saturated carbocycles. The fourth-order valence-corrected chi connectivity index (χ4v) is 6.12. The Bertz CT molecular complexity index is 1760. The second kappa shape index (κ2) is 14.5. The number of hydrogen-bond acceptors (Lipinski definition) is 11. The first kappa shape index (κ1) is 31.2. The van der Waals surface area contributed by atoms with Gasteiger partial charge in [-0.1, -0.05) is 29.8 Å². The highest BCUT2D eigenvalue weighted by atomic mass is 35.5. The van der Waals surface area contributed by atoms with E-state index in [1.807, 2.05) is 42.6 Å². The summed E-state index contributed by atoms with van der Waals surface area (Å²) in [4.78, 5) is 19.5. The first-order chi connectivity index (χ1) is 23.1. The molecule has 244 valence electrons. The molecule has 0 aliphatic carbocycles. The predicted molar refractivity (Wildman–Crippen MR) is 180 cm³/mol. The lowest BCUT2D eigenvalue weighted by molar-refractivity contribution is 0.0261. The van der Waals surface area contributed by atoms with Crippen molar-refractivity contribution in [1.29, 1.82) is 0 Å². The molecule has 3 aliphatic rings. The van der Waals surface area contributed by atoms with E-state index in [9.17, 15) is 0 Å². The molecular formula is C35H37ClN6O5. The Hall–Kier alpha value is -4.45. The molecule has 8 rings (SSSR count). The van der Waals surface area contributed by atoms with Gasteiger partial charge in [0.2, 0.25) is 6.79 Å². The van der Waals surface area contributed by atoms with Crippen LogP contribution in [0.2, 0.25) is 5.02 Å². The maximum absolute atomic E-state index is 6.54. The number of ether oxygens (including phenoxy) is 5. The van der Waals surface area contributed by atoms with Gasteiger partial charge < -0.3 is 33.9 Å². The van der Waals surface area contributed by atoms with Crippen molar-refractivity contribution >= 4 is 44.9 Å². The zero-order valence-corrected chi connectivity index (χ0v) is 27.0. The number of aromatic nitrogens is 4. The van der Waals surface area contributed by atoms with Crippen LogP contribution in [-0.2, 0) is 4.74 Å². The van der Waals surface area contributed by atoms with Crippen molar-refractivity contribution < 1.29 is 23.7 Å². The lowest BCUT2D eigenvalue weighted by Crippen LogP contribution is -2.32. The molecule has 1 N–H and O–H groups in total. The molecule has 2 saturated heterocycles. The van der Waals surface area contributed by atoms with Gasteiger partial charge in [0.05, 0.1) is 41.3 Å². The van der Waals surface area contributed by atoms with Crippen LogP contribution in [0.4, 0.5) is 11.5 Å². The van der Waals surface area contributed by atoms with Gasteiger partial charge in [-0.05, 0) is 57.1 Å². The topological polar surface area (TPSA) is 113 Å². The molecule has 0 bridgehead atoms. The number of piperidine rings is 1. The Kier molecular flexibility index (Phi) is 9.64. The van der Waals surface area contributed by atoms with Gasteiger partial charge in [0.25, 0.3) is 0 Å². The standard InChI is InChI=1S/C27H31ClN4O5.C8H6N2/c1-32-8-4-17(5-9-32)14-34-19-12-21-24(23(13-19)37-18-6-10-33-11-7-18)27(30-15-29-21)31-25-20(28)2-3-22-26(25)36-16-35-22;1-2-4-8-7(3-1)5-9-6-10-8/h2-3,12-13,15,17-18H,4-11,14,16H2,1H3,(H,29,30,31);1-6H. The molecule has 2 aromatic heterocycles. The van der Waals surface area contributed by atoms with E-state index in [1.165, 1.54) is 6.33 Å². The summed E-state index contributed by atoms with van der Waals surface area (Å²) >= 11 is 6.54. The molecule has 3 aliphatic heterocycles. The van der Waals surface area contributed by atoms with Crippen molar-refractivity contribution in [1.82, 2.24) is 24.8 Å². The number of anilines is 2. The molecule has 0 radical (unpaired) electrons. The Morgan fingerprint density at radius 1 is 0.936 bits per heavy atom. The number of likely N-dealkylation sites (tertiary alicyclic amines) is 1. The Morgan fingerprint density at radius 2 is 1.77 bits per heavy atom. The molecule has 5 heterocycles. The van der Waals surface area contributed by atoms with E-state index < -0.39 is 0 Å². The highest BCUT2D eigenvalue weighted by Crippen LogP contribution is 2.46. The van der Waals surface area contributed by atoms with E-state index in [1.54, 1.807) is 18.5 Å². The number of nitrogens with one attached hydrogen (secondary N) is 1. The van der Waals surface area contributed by atoms with E-state index in [2.05, 4.69) is 37.2 Å². The van der Waals surface area contributed by atoms with E-state index in [-0.39, 0.29) is 12.9 Å². The minimum absolute atomic E-state index is 0.0374. The van der Waals surface area contributed by atoms with Crippen LogP contribution in [-0.4, -0.2) is 77.7 Å². The SMILES string of the molecule is CN1CCC(COc2cc(OC3CCOCC3)c3c(Nc4c(Cl)ccc5c4OCO5)ncnc3c2)CC1.c1ccc2ncncc2c1. The van der Waals surface area contributed by atoms with Crippen LogP contribution < -0.4 is 24.3 Å². The number of nitrogens with zero attached hydrogens (tertiary/aromatic N) is 5. The average molecular weight is 657 g/mol. The van der Waals surface area contributed by atoms with Crippen LogP contribution in [0.25, 0.3) is 21.8 Å². The smallest absolute Gasteiger partial charge is 0.231 e. The summed E-state index contributed by atoms with van der Waals surface area (Å²) in [7, 11) is 2.17. The van der Waals surface area contributed by atoms with Crippen LogP contribution in [0, 0.1) is 5.92 Å². The van der Waals surface area contributed by atoms with Crippen LogP contribution in [0.15, 0.2) is 67.4 Å². The van der Waals surface area contributed by atoms with Gasteiger partial charge in [-0.25, -0.2) is 19.9 Å². The summed E-state index contributed by atoms with van der Waals surface area (Å²) in [5.74, 6) is 3.72. The molecule has 12 heteroatoms. The van der Waals surface area contributed by atoms with Crippen molar-refractivity contribution in [2.45, 2.75) is 31.8 Å². The maximum Gasteiger partial charge on any atom is 0.231 e. The van der Waals surface area contributed by atoms with E-state index >= 15 is 0 Å².